The third-order valence-corrected chi connectivity index (χ3v) is 6.56. The van der Waals surface area contributed by atoms with Crippen LogP contribution < -0.4 is 0 Å². The average molecular weight is 231 g/mol. The topological polar surface area (TPSA) is 4.36 Å². The van der Waals surface area contributed by atoms with Crippen molar-refractivity contribution in [1.29, 1.82) is 0 Å². The Morgan fingerprint density at radius 3 is 2.47 bits per heavy atom. The number of fused-ring (bicyclic) bond motifs is 1. The molecule has 3 saturated carbocycles. The molecule has 6 atom stereocenters. The standard InChI is InChI=1S/C16H25N/c1-10(2)12-8-15(3)7-11-6-14(15)13(12)9-16(11,4)17-5/h10-14H,6-9H2,1-4H3/t11-,12+,13-,14-,15+,16+/m0/s1. The summed E-state index contributed by atoms with van der Waals surface area (Å²) in [6, 6.07) is 0. The zero-order valence-corrected chi connectivity index (χ0v) is 11.7. The van der Waals surface area contributed by atoms with Crippen LogP contribution in [0.5, 0.6) is 0 Å². The minimum Gasteiger partial charge on any atom is -0.310 e. The Kier molecular flexibility index (Phi) is 2.23. The van der Waals surface area contributed by atoms with Gasteiger partial charge in [0, 0.05) is 19.3 Å². The summed E-state index contributed by atoms with van der Waals surface area (Å²) in [6.45, 7) is 17.1. The molecule has 3 rings (SSSR count). The molecular weight excluding hydrogens is 206 g/mol. The van der Waals surface area contributed by atoms with Gasteiger partial charge < -0.3 is 4.85 Å². The van der Waals surface area contributed by atoms with Gasteiger partial charge in [-0.1, -0.05) is 20.8 Å². The molecule has 0 radical (unpaired) electrons. The molecule has 0 aliphatic heterocycles. The number of nitrogens with zero attached hydrogens (tertiary/aromatic N) is 1. The van der Waals surface area contributed by atoms with Crippen molar-refractivity contribution >= 4 is 0 Å². The van der Waals surface area contributed by atoms with E-state index in [9.17, 15) is 0 Å². The van der Waals surface area contributed by atoms with E-state index in [0.29, 0.717) is 11.3 Å². The van der Waals surface area contributed by atoms with Crippen molar-refractivity contribution in [3.63, 3.8) is 0 Å². The van der Waals surface area contributed by atoms with Gasteiger partial charge in [-0.15, -0.1) is 0 Å². The molecule has 94 valence electrons. The van der Waals surface area contributed by atoms with Crippen LogP contribution in [-0.2, 0) is 0 Å². The van der Waals surface area contributed by atoms with Gasteiger partial charge in [0.25, 0.3) is 0 Å². The van der Waals surface area contributed by atoms with Gasteiger partial charge in [-0.2, -0.15) is 0 Å². The molecule has 3 fully saturated rings. The molecule has 0 aromatic rings. The molecule has 0 aromatic heterocycles. The minimum absolute atomic E-state index is 0.0352. The van der Waals surface area contributed by atoms with Crippen molar-refractivity contribution in [2.45, 2.75) is 58.9 Å². The number of hydrogen-bond donors (Lipinski definition) is 0. The van der Waals surface area contributed by atoms with E-state index in [2.05, 4.69) is 32.5 Å². The fourth-order valence-electron chi connectivity index (χ4n) is 5.58. The van der Waals surface area contributed by atoms with Gasteiger partial charge in [0.2, 0.25) is 5.54 Å². The molecule has 0 amide bonds. The highest BCUT2D eigenvalue weighted by atomic mass is 14.9. The number of rotatable bonds is 1. The minimum atomic E-state index is -0.0352. The van der Waals surface area contributed by atoms with E-state index in [1.54, 1.807) is 0 Å². The van der Waals surface area contributed by atoms with Crippen LogP contribution in [0.25, 0.3) is 4.85 Å². The van der Waals surface area contributed by atoms with Crippen LogP contribution >= 0.6 is 0 Å². The summed E-state index contributed by atoms with van der Waals surface area (Å²) in [5.74, 6) is 4.16. The Morgan fingerprint density at radius 1 is 1.18 bits per heavy atom. The molecule has 0 N–H and O–H groups in total. The largest absolute Gasteiger partial charge is 0.310 e. The van der Waals surface area contributed by atoms with E-state index in [4.69, 9.17) is 6.57 Å². The second-order valence-corrected chi connectivity index (χ2v) is 7.85. The number of hydrogen-bond acceptors (Lipinski definition) is 0. The Bertz CT molecular complexity index is 379. The first-order valence-electron chi connectivity index (χ1n) is 7.28. The van der Waals surface area contributed by atoms with Gasteiger partial charge in [-0.3, -0.25) is 0 Å². The predicted molar refractivity (Wildman–Crippen MR) is 70.4 cm³/mol. The molecule has 17 heavy (non-hydrogen) atoms. The maximum Gasteiger partial charge on any atom is 0.233 e. The Morgan fingerprint density at radius 2 is 1.88 bits per heavy atom. The van der Waals surface area contributed by atoms with Crippen molar-refractivity contribution in [3.05, 3.63) is 11.4 Å². The molecule has 0 unspecified atom stereocenters. The van der Waals surface area contributed by atoms with Gasteiger partial charge in [0.15, 0.2) is 0 Å². The molecule has 0 spiro atoms. The summed E-state index contributed by atoms with van der Waals surface area (Å²) in [7, 11) is 0. The van der Waals surface area contributed by atoms with E-state index in [-0.39, 0.29) is 5.54 Å². The lowest BCUT2D eigenvalue weighted by molar-refractivity contribution is 0.129. The summed E-state index contributed by atoms with van der Waals surface area (Å²) < 4.78 is 0. The van der Waals surface area contributed by atoms with Crippen molar-refractivity contribution in [2.24, 2.45) is 35.0 Å². The van der Waals surface area contributed by atoms with Crippen molar-refractivity contribution in [2.75, 3.05) is 0 Å². The van der Waals surface area contributed by atoms with Gasteiger partial charge in [0.05, 0.1) is 0 Å². The fourth-order valence-corrected chi connectivity index (χ4v) is 5.58. The second-order valence-electron chi connectivity index (χ2n) is 7.85. The maximum absolute atomic E-state index is 7.59. The lowest BCUT2D eigenvalue weighted by atomic mass is 9.66. The highest BCUT2D eigenvalue weighted by Crippen LogP contribution is 2.69. The highest BCUT2D eigenvalue weighted by Gasteiger charge is 2.66. The fraction of sp³-hybridized carbons (Fsp3) is 0.938. The third-order valence-electron chi connectivity index (χ3n) is 6.56. The second kappa shape index (κ2) is 3.28. The first kappa shape index (κ1) is 11.6. The molecule has 3 aliphatic carbocycles. The van der Waals surface area contributed by atoms with E-state index in [1.165, 1.54) is 25.7 Å². The first-order valence-corrected chi connectivity index (χ1v) is 7.28. The molecule has 0 heterocycles. The Hall–Kier alpha value is -0.510. The summed E-state index contributed by atoms with van der Waals surface area (Å²) >= 11 is 0. The zero-order valence-electron chi connectivity index (χ0n) is 11.7. The smallest absolute Gasteiger partial charge is 0.233 e. The summed E-state index contributed by atoms with van der Waals surface area (Å²) in [4.78, 5) is 4.05. The van der Waals surface area contributed by atoms with Crippen LogP contribution in [0.3, 0.4) is 0 Å². The van der Waals surface area contributed by atoms with Gasteiger partial charge in [-0.25, -0.2) is 6.57 Å². The molecule has 0 saturated heterocycles. The van der Waals surface area contributed by atoms with Gasteiger partial charge >= 0.3 is 0 Å². The van der Waals surface area contributed by atoms with E-state index in [1.807, 2.05) is 0 Å². The molecule has 1 nitrogen and oxygen atoms in total. The monoisotopic (exact) mass is 231 g/mol. The SMILES string of the molecule is [C-]#[N+][C@]1(C)C[C@H]2[C@@H](C(C)C)C[C@@]3(C)C[C@@H]1C[C@@H]23. The predicted octanol–water partition coefficient (Wildman–Crippen LogP) is 4.39. The van der Waals surface area contributed by atoms with E-state index < -0.39 is 0 Å². The van der Waals surface area contributed by atoms with Crippen LogP contribution in [-0.4, -0.2) is 5.54 Å². The van der Waals surface area contributed by atoms with E-state index in [0.717, 1.165) is 23.7 Å². The van der Waals surface area contributed by atoms with Crippen LogP contribution in [0.2, 0.25) is 0 Å². The zero-order chi connectivity index (χ0) is 12.4. The molecule has 1 heteroatoms. The van der Waals surface area contributed by atoms with Crippen molar-refractivity contribution in [3.8, 4) is 0 Å². The van der Waals surface area contributed by atoms with Crippen LogP contribution in [0.4, 0.5) is 0 Å². The van der Waals surface area contributed by atoms with Gasteiger partial charge in [-0.05, 0) is 48.3 Å². The van der Waals surface area contributed by atoms with Crippen molar-refractivity contribution < 1.29 is 0 Å². The molecule has 2 bridgehead atoms. The summed E-state index contributed by atoms with van der Waals surface area (Å²) in [5, 5.41) is 0. The average Bonchev–Trinajstić information content (AvgIpc) is 2.69. The highest BCUT2D eigenvalue weighted by molar-refractivity contribution is 5.18. The van der Waals surface area contributed by atoms with Crippen LogP contribution in [0, 0.1) is 41.6 Å². The third kappa shape index (κ3) is 1.36. The summed E-state index contributed by atoms with van der Waals surface area (Å²) in [5.41, 5.74) is 0.541. The normalized spacial score (nSPS) is 56.2. The molecular formula is C16H25N. The first-order chi connectivity index (χ1) is 7.89. The maximum atomic E-state index is 7.59. The van der Waals surface area contributed by atoms with Crippen LogP contribution in [0.15, 0.2) is 0 Å². The molecule has 3 aliphatic rings. The quantitative estimate of drug-likeness (QED) is 0.589. The Balaban J connectivity index is 1.99. The van der Waals surface area contributed by atoms with Gasteiger partial charge in [0.1, 0.15) is 0 Å². The van der Waals surface area contributed by atoms with E-state index >= 15 is 0 Å². The van der Waals surface area contributed by atoms with Crippen LogP contribution in [0.1, 0.15) is 53.4 Å². The van der Waals surface area contributed by atoms with Crippen molar-refractivity contribution in [1.82, 2.24) is 0 Å². The molecule has 0 aromatic carbocycles. The lowest BCUT2D eigenvalue weighted by Gasteiger charge is -2.38. The Labute approximate surface area is 106 Å². The lowest BCUT2D eigenvalue weighted by Crippen LogP contribution is -2.40. The summed E-state index contributed by atoms with van der Waals surface area (Å²) in [6.07, 6.45) is 5.30.